The minimum atomic E-state index is -0.741. The Morgan fingerprint density at radius 2 is 0.857 bits per heavy atom. The highest BCUT2D eigenvalue weighted by Crippen LogP contribution is 2.24. The highest BCUT2D eigenvalue weighted by Gasteiger charge is 2.28. The van der Waals surface area contributed by atoms with Crippen molar-refractivity contribution in [3.8, 4) is 0 Å². The molecule has 0 rings (SSSR count). The van der Waals surface area contributed by atoms with E-state index in [0.717, 1.165) is 0 Å². The molecule has 0 fully saturated rings. The molecule has 0 aliphatic heterocycles. The summed E-state index contributed by atoms with van der Waals surface area (Å²) < 4.78 is 0. The SMILES string of the molecule is CC(C)C(=O)O.CC(C)C(=O)O.CC(C)C(=O)O.CC(C)C(O)C(C)(C)CO. The third-order valence-corrected chi connectivity index (χ3v) is 3.32. The molecule has 0 saturated heterocycles. The maximum absolute atomic E-state index is 9.70. The monoisotopic (exact) mass is 410 g/mol. The van der Waals surface area contributed by atoms with Gasteiger partial charge in [0.1, 0.15) is 0 Å². The maximum atomic E-state index is 9.70. The molecule has 8 nitrogen and oxygen atoms in total. The molecule has 8 heteroatoms. The van der Waals surface area contributed by atoms with Gasteiger partial charge in [0.15, 0.2) is 0 Å². The summed E-state index contributed by atoms with van der Waals surface area (Å²) in [6.45, 7) is 17.5. The second kappa shape index (κ2) is 17.4. The summed E-state index contributed by atoms with van der Waals surface area (Å²) in [4.78, 5) is 29.1. The first-order valence-corrected chi connectivity index (χ1v) is 9.32. The molecule has 0 aromatic carbocycles. The number of hydrogen-bond donors (Lipinski definition) is 5. The molecule has 0 aliphatic carbocycles. The Morgan fingerprint density at radius 1 is 0.679 bits per heavy atom. The van der Waals surface area contributed by atoms with Crippen molar-refractivity contribution in [2.24, 2.45) is 29.1 Å². The van der Waals surface area contributed by atoms with E-state index >= 15 is 0 Å². The van der Waals surface area contributed by atoms with E-state index in [9.17, 15) is 19.5 Å². The summed E-state index contributed by atoms with van der Waals surface area (Å²) in [6.07, 6.45) is -0.419. The lowest BCUT2D eigenvalue weighted by atomic mass is 9.82. The minimum absolute atomic E-state index is 0.0341. The second-order valence-electron chi connectivity index (χ2n) is 8.31. The molecule has 0 saturated carbocycles. The zero-order valence-electron chi connectivity index (χ0n) is 19.1. The average molecular weight is 411 g/mol. The first kappa shape index (κ1) is 33.9. The molecule has 28 heavy (non-hydrogen) atoms. The predicted molar refractivity (Wildman–Crippen MR) is 109 cm³/mol. The van der Waals surface area contributed by atoms with Crippen molar-refractivity contribution in [2.75, 3.05) is 6.61 Å². The van der Waals surface area contributed by atoms with Crippen LogP contribution < -0.4 is 0 Å². The van der Waals surface area contributed by atoms with Gasteiger partial charge in [0.25, 0.3) is 0 Å². The van der Waals surface area contributed by atoms with Gasteiger partial charge in [-0.25, -0.2) is 0 Å². The van der Waals surface area contributed by atoms with Gasteiger partial charge in [0, 0.05) is 5.41 Å². The van der Waals surface area contributed by atoms with Crippen molar-refractivity contribution in [3.63, 3.8) is 0 Å². The number of carboxylic acids is 3. The number of carbonyl (C=O) groups is 3. The van der Waals surface area contributed by atoms with Crippen molar-refractivity contribution in [1.82, 2.24) is 0 Å². The topological polar surface area (TPSA) is 152 Å². The van der Waals surface area contributed by atoms with Gasteiger partial charge in [-0.2, -0.15) is 0 Å². The summed E-state index contributed by atoms with van der Waals surface area (Å²) >= 11 is 0. The fraction of sp³-hybridized carbons (Fsp3) is 0.850. The Balaban J connectivity index is -0.000000142. The number of carboxylic acid groups (broad SMARTS) is 3. The quantitative estimate of drug-likeness (QED) is 0.447. The van der Waals surface area contributed by atoms with E-state index in [1.165, 1.54) is 0 Å². The zero-order chi connectivity index (χ0) is 23.8. The van der Waals surface area contributed by atoms with Crippen LogP contribution in [0.5, 0.6) is 0 Å². The molecular formula is C20H42O8. The van der Waals surface area contributed by atoms with Crippen molar-refractivity contribution in [1.29, 1.82) is 0 Å². The van der Waals surface area contributed by atoms with Crippen LogP contribution in [0.2, 0.25) is 0 Å². The lowest BCUT2D eigenvalue weighted by molar-refractivity contribution is -0.141. The van der Waals surface area contributed by atoms with Gasteiger partial charge in [-0.15, -0.1) is 0 Å². The third kappa shape index (κ3) is 24.3. The van der Waals surface area contributed by atoms with E-state index < -0.39 is 24.0 Å². The minimum Gasteiger partial charge on any atom is -0.481 e. The molecule has 0 spiro atoms. The van der Waals surface area contributed by atoms with Crippen LogP contribution in [0.4, 0.5) is 0 Å². The van der Waals surface area contributed by atoms with Gasteiger partial charge in [-0.05, 0) is 5.92 Å². The van der Waals surface area contributed by atoms with Gasteiger partial charge in [-0.3, -0.25) is 14.4 Å². The molecule has 1 atom stereocenters. The second-order valence-corrected chi connectivity index (χ2v) is 8.31. The van der Waals surface area contributed by atoms with Gasteiger partial charge in [0.05, 0.1) is 30.5 Å². The van der Waals surface area contributed by atoms with Crippen molar-refractivity contribution < 1.29 is 39.9 Å². The summed E-state index contributed by atoms with van der Waals surface area (Å²) in [5, 5.41) is 42.3. The van der Waals surface area contributed by atoms with E-state index in [-0.39, 0.29) is 35.7 Å². The molecule has 0 aromatic heterocycles. The van der Waals surface area contributed by atoms with Crippen LogP contribution in [0.25, 0.3) is 0 Å². The normalized spacial score (nSPS) is 11.6. The van der Waals surface area contributed by atoms with Crippen LogP contribution in [0, 0.1) is 29.1 Å². The molecule has 5 N–H and O–H groups in total. The number of hydrogen-bond acceptors (Lipinski definition) is 5. The predicted octanol–water partition coefficient (Wildman–Crippen LogP) is 3.20. The van der Waals surface area contributed by atoms with Crippen LogP contribution >= 0.6 is 0 Å². The van der Waals surface area contributed by atoms with Gasteiger partial charge in [0.2, 0.25) is 0 Å². The Morgan fingerprint density at radius 3 is 0.893 bits per heavy atom. The molecule has 0 aromatic rings. The molecule has 170 valence electrons. The van der Waals surface area contributed by atoms with Crippen molar-refractivity contribution in [2.45, 2.75) is 75.3 Å². The molecule has 0 heterocycles. The highest BCUT2D eigenvalue weighted by atomic mass is 16.4. The fourth-order valence-corrected chi connectivity index (χ4v) is 0.996. The lowest BCUT2D eigenvalue weighted by Crippen LogP contribution is -2.36. The van der Waals surface area contributed by atoms with Gasteiger partial charge < -0.3 is 25.5 Å². The molecule has 0 aliphatic rings. The average Bonchev–Trinajstić information content (AvgIpc) is 2.55. The Hall–Kier alpha value is -1.67. The van der Waals surface area contributed by atoms with Crippen LogP contribution in [0.3, 0.4) is 0 Å². The molecule has 1 unspecified atom stereocenters. The summed E-state index contributed by atoms with van der Waals surface area (Å²) in [5.74, 6) is -2.71. The first-order valence-electron chi connectivity index (χ1n) is 9.32. The standard InChI is InChI=1S/C8H18O2.3C4H8O2/c1-6(2)7(10)8(3,4)5-9;3*1-3(2)4(5)6/h6-7,9-10H,5H2,1-4H3;3*3H,1-2H3,(H,5,6). The highest BCUT2D eigenvalue weighted by molar-refractivity contribution is 5.69. The number of aliphatic hydroxyl groups excluding tert-OH is 2. The fourth-order valence-electron chi connectivity index (χ4n) is 0.996. The maximum Gasteiger partial charge on any atom is 0.305 e. The summed E-state index contributed by atoms with van der Waals surface area (Å²) in [6, 6.07) is 0. The molecular weight excluding hydrogens is 368 g/mol. The van der Waals surface area contributed by atoms with Crippen LogP contribution in [0.1, 0.15) is 69.2 Å². The first-order chi connectivity index (χ1) is 12.3. The Labute approximate surface area is 169 Å². The largest absolute Gasteiger partial charge is 0.481 e. The van der Waals surface area contributed by atoms with Crippen LogP contribution in [-0.4, -0.2) is 56.2 Å². The molecule has 0 amide bonds. The van der Waals surface area contributed by atoms with Gasteiger partial charge >= 0.3 is 17.9 Å². The van der Waals surface area contributed by atoms with Crippen LogP contribution in [-0.2, 0) is 14.4 Å². The van der Waals surface area contributed by atoms with Crippen molar-refractivity contribution >= 4 is 17.9 Å². The molecule has 0 radical (unpaired) electrons. The molecule has 0 bridgehead atoms. The van der Waals surface area contributed by atoms with Crippen molar-refractivity contribution in [3.05, 3.63) is 0 Å². The number of aliphatic hydroxyl groups is 2. The van der Waals surface area contributed by atoms with Gasteiger partial charge in [-0.1, -0.05) is 69.2 Å². The van der Waals surface area contributed by atoms with E-state index in [1.54, 1.807) is 41.5 Å². The summed E-state index contributed by atoms with van der Waals surface area (Å²) in [5.41, 5.74) is -0.367. The zero-order valence-corrected chi connectivity index (χ0v) is 19.1. The third-order valence-electron chi connectivity index (χ3n) is 3.32. The van der Waals surface area contributed by atoms with E-state index in [2.05, 4.69) is 0 Å². The smallest absolute Gasteiger partial charge is 0.305 e. The Bertz CT molecular complexity index is 383. The van der Waals surface area contributed by atoms with Crippen LogP contribution in [0.15, 0.2) is 0 Å². The Kier molecular flexibility index (Phi) is 21.1. The summed E-state index contributed by atoms with van der Waals surface area (Å²) in [7, 11) is 0. The number of rotatable bonds is 6. The van der Waals surface area contributed by atoms with E-state index in [0.29, 0.717) is 0 Å². The lowest BCUT2D eigenvalue weighted by Gasteiger charge is -2.30. The van der Waals surface area contributed by atoms with E-state index in [1.807, 2.05) is 27.7 Å². The number of aliphatic carboxylic acids is 3. The van der Waals surface area contributed by atoms with E-state index in [4.69, 9.17) is 20.4 Å².